The predicted octanol–water partition coefficient (Wildman–Crippen LogP) is 9.87. The van der Waals surface area contributed by atoms with Crippen molar-refractivity contribution >= 4 is 0 Å². The van der Waals surface area contributed by atoms with Crippen molar-refractivity contribution in [2.75, 3.05) is 0 Å². The molecule has 7 aromatic rings. The molecule has 0 radical (unpaired) electrons. The van der Waals surface area contributed by atoms with E-state index in [0.717, 1.165) is 27.8 Å². The first-order valence-electron chi connectivity index (χ1n) is 14.0. The van der Waals surface area contributed by atoms with Gasteiger partial charge in [-0.3, -0.25) is 0 Å². The Balaban J connectivity index is 1.25. The molecule has 0 aliphatic heterocycles. The molecular formula is C39H27N3. The minimum atomic E-state index is 0.650. The third kappa shape index (κ3) is 5.36. The minimum Gasteiger partial charge on any atom is -0.208 e. The topological polar surface area (TPSA) is 38.7 Å². The Morgan fingerprint density at radius 1 is 0.214 bits per heavy atom. The molecule has 198 valence electrons. The zero-order chi connectivity index (χ0) is 28.1. The molecule has 1 aromatic heterocycles. The molecule has 0 saturated heterocycles. The van der Waals surface area contributed by atoms with E-state index in [2.05, 4.69) is 97.1 Å². The number of benzene rings is 6. The summed E-state index contributed by atoms with van der Waals surface area (Å²) in [6, 6.07) is 56.5. The van der Waals surface area contributed by atoms with Gasteiger partial charge in [0.1, 0.15) is 0 Å². The molecule has 6 aromatic carbocycles. The molecule has 0 bridgehead atoms. The molecule has 7 rings (SSSR count). The van der Waals surface area contributed by atoms with Crippen molar-refractivity contribution in [2.45, 2.75) is 0 Å². The van der Waals surface area contributed by atoms with Gasteiger partial charge in [-0.25, -0.2) is 15.0 Å². The van der Waals surface area contributed by atoms with Gasteiger partial charge in [0.05, 0.1) is 0 Å². The zero-order valence-corrected chi connectivity index (χ0v) is 22.9. The van der Waals surface area contributed by atoms with Gasteiger partial charge in [0, 0.05) is 16.7 Å². The van der Waals surface area contributed by atoms with Crippen LogP contribution in [0.3, 0.4) is 0 Å². The normalized spacial score (nSPS) is 10.9. The highest BCUT2D eigenvalue weighted by atomic mass is 15.0. The molecular weight excluding hydrogens is 510 g/mol. The molecule has 3 heteroatoms. The molecule has 0 unspecified atom stereocenters. The number of aromatic nitrogens is 3. The van der Waals surface area contributed by atoms with Crippen molar-refractivity contribution in [3.05, 3.63) is 164 Å². The fourth-order valence-corrected chi connectivity index (χ4v) is 5.14. The van der Waals surface area contributed by atoms with Crippen LogP contribution in [0.5, 0.6) is 0 Å². The molecule has 3 nitrogen and oxygen atoms in total. The fraction of sp³-hybridized carbons (Fsp3) is 0. The third-order valence-corrected chi connectivity index (χ3v) is 7.34. The molecule has 0 saturated carbocycles. The highest BCUT2D eigenvalue weighted by Gasteiger charge is 2.13. The molecule has 0 amide bonds. The van der Waals surface area contributed by atoms with Crippen molar-refractivity contribution in [2.24, 2.45) is 0 Å². The van der Waals surface area contributed by atoms with Crippen LogP contribution in [0.15, 0.2) is 164 Å². The Labute approximate surface area is 245 Å². The standard InChI is InChI=1S/C39H27N3/c1-4-12-28(13-5-1)29-22-24-30(25-23-29)33-18-10-19-34(26-33)35-20-11-21-36(27-35)39-41-37(31-14-6-2-7-15-31)40-38(42-39)32-16-8-3-9-17-32/h1-27H. The van der Waals surface area contributed by atoms with Crippen molar-refractivity contribution in [1.82, 2.24) is 15.0 Å². The Morgan fingerprint density at radius 3 is 0.976 bits per heavy atom. The Kier molecular flexibility index (Phi) is 6.89. The maximum absolute atomic E-state index is 4.91. The summed E-state index contributed by atoms with van der Waals surface area (Å²) in [5.41, 5.74) is 9.91. The lowest BCUT2D eigenvalue weighted by Crippen LogP contribution is -2.00. The summed E-state index contributed by atoms with van der Waals surface area (Å²) >= 11 is 0. The maximum Gasteiger partial charge on any atom is 0.164 e. The van der Waals surface area contributed by atoms with Gasteiger partial charge in [-0.15, -0.1) is 0 Å². The van der Waals surface area contributed by atoms with Gasteiger partial charge in [0.15, 0.2) is 17.5 Å². The van der Waals surface area contributed by atoms with Crippen LogP contribution in [0, 0.1) is 0 Å². The summed E-state index contributed by atoms with van der Waals surface area (Å²) in [6.07, 6.45) is 0. The van der Waals surface area contributed by atoms with E-state index in [4.69, 9.17) is 15.0 Å². The van der Waals surface area contributed by atoms with Crippen LogP contribution >= 0.6 is 0 Å². The van der Waals surface area contributed by atoms with Gasteiger partial charge in [-0.1, -0.05) is 152 Å². The SMILES string of the molecule is c1ccc(-c2ccc(-c3cccc(-c4cccc(-c5nc(-c6ccccc6)nc(-c6ccccc6)n5)c4)c3)cc2)cc1. The van der Waals surface area contributed by atoms with Gasteiger partial charge >= 0.3 is 0 Å². The quantitative estimate of drug-likeness (QED) is 0.212. The fourth-order valence-electron chi connectivity index (χ4n) is 5.14. The predicted molar refractivity (Wildman–Crippen MR) is 172 cm³/mol. The molecule has 0 spiro atoms. The van der Waals surface area contributed by atoms with Gasteiger partial charge in [-0.2, -0.15) is 0 Å². The summed E-state index contributed by atoms with van der Waals surface area (Å²) in [5.74, 6) is 1.97. The third-order valence-electron chi connectivity index (χ3n) is 7.34. The Morgan fingerprint density at radius 2 is 0.500 bits per heavy atom. The van der Waals surface area contributed by atoms with E-state index in [-0.39, 0.29) is 0 Å². The van der Waals surface area contributed by atoms with Crippen molar-refractivity contribution in [1.29, 1.82) is 0 Å². The van der Waals surface area contributed by atoms with Crippen LogP contribution in [-0.4, -0.2) is 15.0 Å². The average molecular weight is 538 g/mol. The van der Waals surface area contributed by atoms with Crippen molar-refractivity contribution in [3.63, 3.8) is 0 Å². The average Bonchev–Trinajstić information content (AvgIpc) is 3.09. The van der Waals surface area contributed by atoms with E-state index in [0.29, 0.717) is 17.5 Å². The maximum atomic E-state index is 4.91. The van der Waals surface area contributed by atoms with Crippen LogP contribution < -0.4 is 0 Å². The largest absolute Gasteiger partial charge is 0.208 e. The highest BCUT2D eigenvalue weighted by Crippen LogP contribution is 2.31. The van der Waals surface area contributed by atoms with E-state index in [1.165, 1.54) is 22.3 Å². The molecule has 0 aliphatic rings. The first-order valence-corrected chi connectivity index (χ1v) is 14.0. The van der Waals surface area contributed by atoms with Crippen molar-refractivity contribution in [3.8, 4) is 67.5 Å². The van der Waals surface area contributed by atoms with Crippen LogP contribution in [0.2, 0.25) is 0 Å². The first kappa shape index (κ1) is 25.3. The minimum absolute atomic E-state index is 0.650. The summed E-state index contributed by atoms with van der Waals surface area (Å²) in [6.45, 7) is 0. The van der Waals surface area contributed by atoms with Crippen molar-refractivity contribution < 1.29 is 0 Å². The van der Waals surface area contributed by atoms with E-state index in [9.17, 15) is 0 Å². The monoisotopic (exact) mass is 537 g/mol. The Hall–Kier alpha value is -5.67. The molecule has 0 N–H and O–H groups in total. The zero-order valence-electron chi connectivity index (χ0n) is 22.9. The summed E-state index contributed by atoms with van der Waals surface area (Å²) < 4.78 is 0. The summed E-state index contributed by atoms with van der Waals surface area (Å²) in [7, 11) is 0. The summed E-state index contributed by atoms with van der Waals surface area (Å²) in [5, 5.41) is 0. The molecule has 1 heterocycles. The van der Waals surface area contributed by atoms with Gasteiger partial charge < -0.3 is 0 Å². The molecule has 0 aliphatic carbocycles. The van der Waals surface area contributed by atoms with Crippen LogP contribution in [0.1, 0.15) is 0 Å². The molecule has 42 heavy (non-hydrogen) atoms. The number of rotatable bonds is 6. The van der Waals surface area contributed by atoms with E-state index < -0.39 is 0 Å². The Bertz CT molecular complexity index is 1890. The second-order valence-corrected chi connectivity index (χ2v) is 10.1. The van der Waals surface area contributed by atoms with Crippen LogP contribution in [-0.2, 0) is 0 Å². The second kappa shape index (κ2) is 11.4. The molecule has 0 atom stereocenters. The second-order valence-electron chi connectivity index (χ2n) is 10.1. The summed E-state index contributed by atoms with van der Waals surface area (Å²) in [4.78, 5) is 14.6. The number of hydrogen-bond acceptors (Lipinski definition) is 3. The van der Waals surface area contributed by atoms with Crippen LogP contribution in [0.4, 0.5) is 0 Å². The van der Waals surface area contributed by atoms with E-state index in [1.807, 2.05) is 66.7 Å². The van der Waals surface area contributed by atoms with Gasteiger partial charge in [0.25, 0.3) is 0 Å². The lowest BCUT2D eigenvalue weighted by Gasteiger charge is -2.10. The van der Waals surface area contributed by atoms with E-state index in [1.54, 1.807) is 0 Å². The first-order chi connectivity index (χ1) is 20.8. The number of hydrogen-bond donors (Lipinski definition) is 0. The lowest BCUT2D eigenvalue weighted by atomic mass is 9.96. The molecule has 0 fully saturated rings. The smallest absolute Gasteiger partial charge is 0.164 e. The van der Waals surface area contributed by atoms with Crippen LogP contribution in [0.25, 0.3) is 67.5 Å². The lowest BCUT2D eigenvalue weighted by molar-refractivity contribution is 1.07. The van der Waals surface area contributed by atoms with Gasteiger partial charge in [0.2, 0.25) is 0 Å². The van der Waals surface area contributed by atoms with E-state index >= 15 is 0 Å². The highest BCUT2D eigenvalue weighted by molar-refractivity contribution is 5.77. The number of nitrogens with zero attached hydrogens (tertiary/aromatic N) is 3. The van der Waals surface area contributed by atoms with Gasteiger partial charge in [-0.05, 0) is 45.5 Å².